The molecule has 2 atom stereocenters. The van der Waals surface area contributed by atoms with Crippen molar-refractivity contribution in [2.75, 3.05) is 0 Å². The van der Waals surface area contributed by atoms with Crippen LogP contribution in [-0.4, -0.2) is 13.5 Å². The van der Waals surface area contributed by atoms with Gasteiger partial charge in [-0.25, -0.2) is 0 Å². The van der Waals surface area contributed by atoms with Gasteiger partial charge < -0.3 is 4.79 Å². The van der Waals surface area contributed by atoms with Gasteiger partial charge in [0.05, 0.1) is 5.56 Å². The molecule has 1 aromatic rings. The second kappa shape index (κ2) is 7.42. The van der Waals surface area contributed by atoms with Gasteiger partial charge in [-0.3, -0.25) is 0 Å². The maximum atomic E-state index is 12.7. The third kappa shape index (κ3) is 4.71. The first-order valence-corrected chi connectivity index (χ1v) is 11.8. The minimum absolute atomic E-state index is 0.244. The van der Waals surface area contributed by atoms with Gasteiger partial charge in [0.1, 0.15) is 5.41 Å². The topological polar surface area (TPSA) is 17.1 Å². The lowest BCUT2D eigenvalue weighted by atomic mass is 9.99. The summed E-state index contributed by atoms with van der Waals surface area (Å²) in [7, 11) is -2.36. The van der Waals surface area contributed by atoms with Gasteiger partial charge in [0.2, 0.25) is 0 Å². The minimum Gasteiger partial charge on any atom is -0.305 e. The van der Waals surface area contributed by atoms with Gasteiger partial charge in [0.15, 0.2) is 8.07 Å². The molecule has 0 amide bonds. The van der Waals surface area contributed by atoms with E-state index in [1.165, 1.54) is 31.4 Å². The Labute approximate surface area is 143 Å². The SMILES string of the molecule is CC1CCC(CCCC(=O)[Si](C)(C)c2ccc(C(F)(F)F)cc2)C1. The van der Waals surface area contributed by atoms with E-state index in [1.807, 2.05) is 13.1 Å². The molecule has 0 saturated heterocycles. The zero-order valence-electron chi connectivity index (χ0n) is 14.7. The fourth-order valence-electron chi connectivity index (χ4n) is 3.69. The number of rotatable bonds is 6. The second-order valence-electron chi connectivity index (χ2n) is 7.80. The average Bonchev–Trinajstić information content (AvgIpc) is 2.92. The molecule has 1 saturated carbocycles. The van der Waals surface area contributed by atoms with Gasteiger partial charge in [-0.1, -0.05) is 68.7 Å². The molecule has 1 fully saturated rings. The van der Waals surface area contributed by atoms with Crippen molar-refractivity contribution in [3.05, 3.63) is 29.8 Å². The van der Waals surface area contributed by atoms with Gasteiger partial charge in [0, 0.05) is 6.42 Å². The standard InChI is InChI=1S/C19H27F3OSi/c1-14-7-8-15(13-14)5-4-6-18(23)24(2,3)17-11-9-16(10-12-17)19(20,21)22/h9-12,14-15H,4-8,13H2,1-3H3. The summed E-state index contributed by atoms with van der Waals surface area (Å²) in [6.45, 7) is 6.16. The van der Waals surface area contributed by atoms with Crippen LogP contribution in [0.5, 0.6) is 0 Å². The lowest BCUT2D eigenvalue weighted by Crippen LogP contribution is -2.49. The van der Waals surface area contributed by atoms with E-state index < -0.39 is 19.8 Å². The summed E-state index contributed by atoms with van der Waals surface area (Å²) in [5.74, 6) is 1.56. The van der Waals surface area contributed by atoms with Crippen molar-refractivity contribution in [1.29, 1.82) is 0 Å². The molecule has 1 aliphatic carbocycles. The number of carbonyl (C=O) groups is 1. The lowest BCUT2D eigenvalue weighted by Gasteiger charge is -2.22. The Morgan fingerprint density at radius 1 is 1.17 bits per heavy atom. The van der Waals surface area contributed by atoms with Crippen LogP contribution < -0.4 is 5.19 Å². The van der Waals surface area contributed by atoms with Crippen molar-refractivity contribution >= 4 is 18.7 Å². The number of benzene rings is 1. The zero-order chi connectivity index (χ0) is 18.0. The van der Waals surface area contributed by atoms with Crippen molar-refractivity contribution in [3.63, 3.8) is 0 Å². The van der Waals surface area contributed by atoms with Gasteiger partial charge in [-0.05, 0) is 24.7 Å². The van der Waals surface area contributed by atoms with Crippen LogP contribution in [-0.2, 0) is 11.0 Å². The number of hydrogen-bond donors (Lipinski definition) is 0. The van der Waals surface area contributed by atoms with Crippen LogP contribution >= 0.6 is 0 Å². The minimum atomic E-state index is -4.33. The predicted molar refractivity (Wildman–Crippen MR) is 93.9 cm³/mol. The van der Waals surface area contributed by atoms with E-state index >= 15 is 0 Å². The Balaban J connectivity index is 1.92. The summed E-state index contributed by atoms with van der Waals surface area (Å²) in [5, 5.41) is 1.03. The summed E-state index contributed by atoms with van der Waals surface area (Å²) in [5.41, 5.74) is -0.654. The highest BCUT2D eigenvalue weighted by Crippen LogP contribution is 2.33. The highest BCUT2D eigenvalue weighted by molar-refractivity contribution is 7.13. The number of carbonyl (C=O) groups excluding carboxylic acids is 1. The summed E-state index contributed by atoms with van der Waals surface area (Å²) >= 11 is 0. The molecular formula is C19H27F3OSi. The van der Waals surface area contributed by atoms with Gasteiger partial charge in [0.25, 0.3) is 0 Å². The van der Waals surface area contributed by atoms with E-state index in [1.54, 1.807) is 0 Å². The smallest absolute Gasteiger partial charge is 0.305 e. The Hall–Kier alpha value is -1.10. The summed E-state index contributed by atoms with van der Waals surface area (Å²) < 4.78 is 38.0. The zero-order valence-corrected chi connectivity index (χ0v) is 15.7. The Kier molecular flexibility index (Phi) is 5.94. The molecule has 1 nitrogen and oxygen atoms in total. The summed E-state index contributed by atoms with van der Waals surface area (Å²) in [4.78, 5) is 12.6. The molecule has 0 radical (unpaired) electrons. The number of alkyl halides is 3. The highest BCUT2D eigenvalue weighted by Gasteiger charge is 2.34. The van der Waals surface area contributed by atoms with E-state index in [0.717, 1.165) is 42.0 Å². The molecule has 2 rings (SSSR count). The average molecular weight is 357 g/mol. The molecule has 2 unspecified atom stereocenters. The molecule has 5 heteroatoms. The van der Waals surface area contributed by atoms with Crippen LogP contribution in [0.2, 0.25) is 13.1 Å². The van der Waals surface area contributed by atoms with Crippen molar-refractivity contribution in [1.82, 2.24) is 0 Å². The molecule has 134 valence electrons. The van der Waals surface area contributed by atoms with Crippen LogP contribution in [0, 0.1) is 11.8 Å². The largest absolute Gasteiger partial charge is 0.416 e. The van der Waals surface area contributed by atoms with Crippen molar-refractivity contribution < 1.29 is 18.0 Å². The monoisotopic (exact) mass is 356 g/mol. The Bertz CT molecular complexity index is 563. The van der Waals surface area contributed by atoms with Crippen LogP contribution in [0.3, 0.4) is 0 Å². The molecule has 0 heterocycles. The Morgan fingerprint density at radius 2 is 1.79 bits per heavy atom. The van der Waals surface area contributed by atoms with Crippen molar-refractivity contribution in [2.45, 2.75) is 64.7 Å². The molecule has 0 N–H and O–H groups in total. The van der Waals surface area contributed by atoms with Crippen LogP contribution in [0.4, 0.5) is 13.2 Å². The van der Waals surface area contributed by atoms with Crippen molar-refractivity contribution in [3.8, 4) is 0 Å². The molecule has 0 aliphatic heterocycles. The van der Waals surface area contributed by atoms with Crippen molar-refractivity contribution in [2.24, 2.45) is 11.8 Å². The first-order chi connectivity index (χ1) is 11.1. The number of halogens is 3. The second-order valence-corrected chi connectivity index (χ2v) is 12.2. The lowest BCUT2D eigenvalue weighted by molar-refractivity contribution is -0.137. The number of hydrogen-bond acceptors (Lipinski definition) is 1. The predicted octanol–water partition coefficient (Wildman–Crippen LogP) is 5.34. The molecule has 24 heavy (non-hydrogen) atoms. The summed E-state index contributed by atoms with van der Waals surface area (Å²) in [6.07, 6.45) is 2.09. The first kappa shape index (κ1) is 19.2. The van der Waals surface area contributed by atoms with E-state index in [2.05, 4.69) is 6.92 Å². The molecule has 1 aliphatic rings. The van der Waals surface area contributed by atoms with Gasteiger partial charge >= 0.3 is 6.18 Å². The normalized spacial score (nSPS) is 21.9. The van der Waals surface area contributed by atoms with E-state index in [0.29, 0.717) is 6.42 Å². The third-order valence-electron chi connectivity index (χ3n) is 5.45. The third-order valence-corrected chi connectivity index (χ3v) is 8.87. The molecule has 0 bridgehead atoms. The van der Waals surface area contributed by atoms with E-state index in [4.69, 9.17) is 0 Å². The fourth-order valence-corrected chi connectivity index (χ4v) is 5.81. The first-order valence-electron chi connectivity index (χ1n) is 8.81. The molecule has 0 spiro atoms. The molecular weight excluding hydrogens is 329 g/mol. The van der Waals surface area contributed by atoms with Crippen LogP contribution in [0.15, 0.2) is 24.3 Å². The summed E-state index contributed by atoms with van der Waals surface area (Å²) in [6, 6.07) is 5.17. The fraction of sp³-hybridized carbons (Fsp3) is 0.632. The maximum absolute atomic E-state index is 12.7. The molecule has 0 aromatic heterocycles. The highest BCUT2D eigenvalue weighted by atomic mass is 28.3. The van der Waals surface area contributed by atoms with E-state index in [-0.39, 0.29) is 5.41 Å². The van der Waals surface area contributed by atoms with Gasteiger partial charge in [-0.15, -0.1) is 0 Å². The maximum Gasteiger partial charge on any atom is 0.416 e. The molecule has 1 aromatic carbocycles. The van der Waals surface area contributed by atoms with E-state index in [9.17, 15) is 18.0 Å². The van der Waals surface area contributed by atoms with Crippen LogP contribution in [0.25, 0.3) is 0 Å². The van der Waals surface area contributed by atoms with Crippen LogP contribution in [0.1, 0.15) is 51.0 Å². The van der Waals surface area contributed by atoms with Gasteiger partial charge in [-0.2, -0.15) is 13.2 Å². The quantitative estimate of drug-likeness (QED) is 0.629. The Morgan fingerprint density at radius 3 is 2.29 bits per heavy atom.